The van der Waals surface area contributed by atoms with Gasteiger partial charge in [0.1, 0.15) is 22.8 Å². The number of aromatic nitrogens is 6. The Morgan fingerprint density at radius 1 is 1.00 bits per heavy atom. The zero-order valence-corrected chi connectivity index (χ0v) is 18.9. The number of alkyl halides is 2. The average molecular weight is 497 g/mol. The fourth-order valence-electron chi connectivity index (χ4n) is 3.31. The van der Waals surface area contributed by atoms with Crippen molar-refractivity contribution in [3.05, 3.63) is 66.2 Å². The molecule has 0 aliphatic rings. The quantitative estimate of drug-likeness (QED) is 0.240. The van der Waals surface area contributed by atoms with Crippen LogP contribution in [0.1, 0.15) is 11.7 Å². The van der Waals surface area contributed by atoms with Crippen molar-refractivity contribution in [3.8, 4) is 39.8 Å². The molecule has 2 aromatic carbocycles. The van der Waals surface area contributed by atoms with Gasteiger partial charge in [-0.2, -0.15) is 8.78 Å². The van der Waals surface area contributed by atoms with E-state index < -0.39 is 6.61 Å². The highest BCUT2D eigenvalue weighted by atomic mass is 32.2. The Bertz CT molecular complexity index is 1440. The molecule has 10 nitrogen and oxygen atoms in total. The van der Waals surface area contributed by atoms with Gasteiger partial charge in [0, 0.05) is 11.1 Å². The van der Waals surface area contributed by atoms with E-state index in [9.17, 15) is 8.78 Å². The lowest BCUT2D eigenvalue weighted by molar-refractivity contribution is -0.0498. The van der Waals surface area contributed by atoms with Crippen molar-refractivity contribution in [1.29, 1.82) is 0 Å². The maximum atomic E-state index is 12.3. The van der Waals surface area contributed by atoms with Gasteiger partial charge in [-0.15, -0.1) is 20.4 Å². The van der Waals surface area contributed by atoms with Crippen LogP contribution in [-0.2, 0) is 5.75 Å². The highest BCUT2D eigenvalue weighted by molar-refractivity contribution is 7.98. The van der Waals surface area contributed by atoms with Crippen LogP contribution in [0.2, 0.25) is 0 Å². The largest absolute Gasteiger partial charge is 0.435 e. The molecule has 0 atom stereocenters. The fraction of sp³-hybridized carbons (Fsp3) is 0.136. The Hall–Kier alpha value is -4.26. The van der Waals surface area contributed by atoms with E-state index in [4.69, 9.17) is 14.8 Å². The summed E-state index contributed by atoms with van der Waals surface area (Å²) < 4.78 is 41.5. The molecule has 0 bridgehead atoms. The molecule has 0 aliphatic heterocycles. The minimum atomic E-state index is -2.90. The van der Waals surface area contributed by atoms with Crippen LogP contribution in [-0.4, -0.2) is 36.8 Å². The number of nitrogens with two attached hydrogens (primary N) is 1. The van der Waals surface area contributed by atoms with Crippen molar-refractivity contribution in [2.45, 2.75) is 24.4 Å². The number of nitrogens with zero attached hydrogens (tertiary/aromatic N) is 6. The highest BCUT2D eigenvalue weighted by Crippen LogP contribution is 2.34. The molecule has 0 fully saturated rings. The fourth-order valence-corrected chi connectivity index (χ4v) is 4.01. The summed E-state index contributed by atoms with van der Waals surface area (Å²) >= 11 is 1.25. The molecule has 178 valence electrons. The summed E-state index contributed by atoms with van der Waals surface area (Å²) in [4.78, 5) is 0. The third-order valence-electron chi connectivity index (χ3n) is 4.92. The molecule has 3 heterocycles. The van der Waals surface area contributed by atoms with Crippen LogP contribution in [0.4, 0.5) is 8.78 Å². The summed E-state index contributed by atoms with van der Waals surface area (Å²) in [6.07, 6.45) is 0. The van der Waals surface area contributed by atoms with Crippen molar-refractivity contribution in [3.63, 3.8) is 0 Å². The van der Waals surface area contributed by atoms with Gasteiger partial charge >= 0.3 is 6.61 Å². The van der Waals surface area contributed by atoms with Crippen LogP contribution < -0.4 is 10.6 Å². The minimum absolute atomic E-state index is 0.0344. The number of hydrogen-bond donors (Lipinski definition) is 1. The van der Waals surface area contributed by atoms with Crippen LogP contribution >= 0.6 is 11.8 Å². The molecule has 5 rings (SSSR count). The molecular weight excluding hydrogens is 480 g/mol. The van der Waals surface area contributed by atoms with E-state index in [1.807, 2.05) is 30.3 Å². The van der Waals surface area contributed by atoms with Crippen molar-refractivity contribution in [1.82, 2.24) is 30.2 Å². The highest BCUT2D eigenvalue weighted by Gasteiger charge is 2.22. The molecule has 35 heavy (non-hydrogen) atoms. The van der Waals surface area contributed by atoms with E-state index >= 15 is 0 Å². The number of hydrogen-bond acceptors (Lipinski definition) is 10. The normalized spacial score (nSPS) is 11.3. The molecule has 0 amide bonds. The first-order valence-corrected chi connectivity index (χ1v) is 11.2. The van der Waals surface area contributed by atoms with Crippen molar-refractivity contribution >= 4 is 11.8 Å². The van der Waals surface area contributed by atoms with Crippen molar-refractivity contribution < 1.29 is 22.5 Å². The predicted molar refractivity (Wildman–Crippen MR) is 122 cm³/mol. The van der Waals surface area contributed by atoms with Gasteiger partial charge in [0.05, 0.1) is 5.75 Å². The lowest BCUT2D eigenvalue weighted by atomic mass is 10.1. The van der Waals surface area contributed by atoms with Crippen LogP contribution in [0.15, 0.2) is 68.7 Å². The molecule has 3 aromatic heterocycles. The zero-order valence-electron chi connectivity index (χ0n) is 18.1. The molecule has 2 N–H and O–H groups in total. The molecule has 0 unspecified atom stereocenters. The van der Waals surface area contributed by atoms with E-state index in [2.05, 4.69) is 30.3 Å². The van der Waals surface area contributed by atoms with E-state index in [-0.39, 0.29) is 11.5 Å². The Balaban J connectivity index is 1.30. The summed E-state index contributed by atoms with van der Waals surface area (Å²) in [6.45, 7) is -1.12. The number of benzene rings is 2. The van der Waals surface area contributed by atoms with Crippen LogP contribution in [0.5, 0.6) is 5.75 Å². The Morgan fingerprint density at radius 3 is 2.51 bits per heavy atom. The SMILES string of the molecule is Cc1onc(-c2ccccc2)c1-c1nnc(CSc2nnc(-c3ccc(OC(F)F)cc3)n2N)o1. The van der Waals surface area contributed by atoms with Gasteiger partial charge in [0.25, 0.3) is 5.89 Å². The lowest BCUT2D eigenvalue weighted by Crippen LogP contribution is -2.11. The number of aryl methyl sites for hydroxylation is 1. The first-order valence-electron chi connectivity index (χ1n) is 10.2. The third-order valence-corrected chi connectivity index (χ3v) is 5.85. The van der Waals surface area contributed by atoms with E-state index in [0.29, 0.717) is 45.3 Å². The monoisotopic (exact) mass is 497 g/mol. The van der Waals surface area contributed by atoms with E-state index in [1.165, 1.54) is 28.6 Å². The van der Waals surface area contributed by atoms with Gasteiger partial charge in [-0.25, -0.2) is 4.68 Å². The standard InChI is InChI=1S/C22H17F2N7O3S/c1-12-17(18(30-34-12)13-5-3-2-4-6-13)20-28-26-16(33-20)11-35-22-29-27-19(31(22)25)14-7-9-15(10-8-14)32-21(23)24/h2-10,21H,11,25H2,1H3. The van der Waals surface area contributed by atoms with Crippen molar-refractivity contribution in [2.24, 2.45) is 0 Å². The topological polar surface area (TPSA) is 131 Å². The summed E-state index contributed by atoms with van der Waals surface area (Å²) in [5.41, 5.74) is 2.70. The maximum Gasteiger partial charge on any atom is 0.387 e. The Kier molecular flexibility index (Phi) is 6.14. The first-order chi connectivity index (χ1) is 17.0. The molecule has 0 aliphatic carbocycles. The predicted octanol–water partition coefficient (Wildman–Crippen LogP) is 4.57. The number of nitrogen functional groups attached to an aromatic ring is 1. The second kappa shape index (κ2) is 9.54. The van der Waals surface area contributed by atoms with Gasteiger partial charge < -0.3 is 19.5 Å². The number of thioether (sulfide) groups is 1. The van der Waals surface area contributed by atoms with Crippen molar-refractivity contribution in [2.75, 3.05) is 5.84 Å². The number of halogens is 2. The Morgan fingerprint density at radius 2 is 1.77 bits per heavy atom. The summed E-state index contributed by atoms with van der Waals surface area (Å²) in [5.74, 6) is 8.01. The number of ether oxygens (including phenoxy) is 1. The molecule has 0 radical (unpaired) electrons. The van der Waals surface area contributed by atoms with E-state index in [1.54, 1.807) is 19.1 Å². The van der Waals surface area contributed by atoms with Gasteiger partial charge in [0.2, 0.25) is 11.0 Å². The zero-order chi connectivity index (χ0) is 24.4. The molecule has 13 heteroatoms. The number of rotatable bonds is 8. The smallest absolute Gasteiger partial charge is 0.387 e. The summed E-state index contributed by atoms with van der Waals surface area (Å²) in [6, 6.07) is 15.5. The van der Waals surface area contributed by atoms with Gasteiger partial charge in [0.15, 0.2) is 5.82 Å². The summed E-state index contributed by atoms with van der Waals surface area (Å²) in [7, 11) is 0. The minimum Gasteiger partial charge on any atom is -0.435 e. The molecule has 0 saturated carbocycles. The van der Waals surface area contributed by atoms with Crippen LogP contribution in [0.3, 0.4) is 0 Å². The molecule has 0 spiro atoms. The maximum absolute atomic E-state index is 12.3. The Labute approximate surface area is 201 Å². The lowest BCUT2D eigenvalue weighted by Gasteiger charge is -2.06. The molecule has 5 aromatic rings. The summed E-state index contributed by atoms with van der Waals surface area (Å²) in [5, 5.41) is 21.0. The second-order valence-electron chi connectivity index (χ2n) is 7.20. The third kappa shape index (κ3) is 4.71. The molecular formula is C22H17F2N7O3S. The van der Waals surface area contributed by atoms with Crippen LogP contribution in [0, 0.1) is 6.92 Å². The van der Waals surface area contributed by atoms with Gasteiger partial charge in [-0.05, 0) is 31.2 Å². The van der Waals surface area contributed by atoms with Gasteiger partial charge in [-0.1, -0.05) is 47.3 Å². The van der Waals surface area contributed by atoms with Crippen LogP contribution in [0.25, 0.3) is 34.1 Å². The van der Waals surface area contributed by atoms with E-state index in [0.717, 1.165) is 5.56 Å². The first kappa shape index (κ1) is 22.5. The van der Waals surface area contributed by atoms with Gasteiger partial charge in [-0.3, -0.25) is 0 Å². The average Bonchev–Trinajstić information content (AvgIpc) is 3.57. The second-order valence-corrected chi connectivity index (χ2v) is 8.14. The molecule has 0 saturated heterocycles.